The van der Waals surface area contributed by atoms with E-state index in [-0.39, 0.29) is 46.3 Å². The van der Waals surface area contributed by atoms with Crippen molar-refractivity contribution in [3.05, 3.63) is 63.9 Å². The molecule has 1 saturated carbocycles. The molecule has 39 heavy (non-hydrogen) atoms. The summed E-state index contributed by atoms with van der Waals surface area (Å²) < 4.78 is 27.2. The molecule has 3 aliphatic rings. The molecule has 0 spiro atoms. The van der Waals surface area contributed by atoms with Crippen LogP contribution in [0.15, 0.2) is 42.7 Å². The first-order valence-corrected chi connectivity index (χ1v) is 14.4. The minimum absolute atomic E-state index is 0.0180. The summed E-state index contributed by atoms with van der Waals surface area (Å²) in [5.41, 5.74) is 1.24. The number of rotatable bonds is 6. The molecule has 2 aromatic rings. The van der Waals surface area contributed by atoms with Crippen LogP contribution in [0.5, 0.6) is 0 Å². The van der Waals surface area contributed by atoms with E-state index in [1.807, 2.05) is 35.2 Å². The van der Waals surface area contributed by atoms with Gasteiger partial charge in [-0.1, -0.05) is 53.5 Å². The Kier molecular flexibility index (Phi) is 8.18. The highest BCUT2D eigenvalue weighted by Gasteiger charge is 2.50. The van der Waals surface area contributed by atoms with E-state index in [2.05, 4.69) is 16.8 Å². The van der Waals surface area contributed by atoms with Crippen LogP contribution >= 0.6 is 23.2 Å². The van der Waals surface area contributed by atoms with Crippen molar-refractivity contribution in [1.29, 1.82) is 0 Å². The Labute approximate surface area is 238 Å². The van der Waals surface area contributed by atoms with Gasteiger partial charge < -0.3 is 9.80 Å². The maximum absolute atomic E-state index is 13.6. The number of nitrogens with zero attached hydrogens (tertiary/aromatic N) is 4. The summed E-state index contributed by atoms with van der Waals surface area (Å²) in [6.45, 7) is 5.51. The van der Waals surface area contributed by atoms with Gasteiger partial charge in [0.25, 0.3) is 5.91 Å². The number of hydrogen-bond acceptors (Lipinski definition) is 4. The van der Waals surface area contributed by atoms with Gasteiger partial charge in [0, 0.05) is 75.5 Å². The number of carbonyl (C=O) groups excluding carboxylic acids is 2. The molecular formula is C29H34Cl2F2N4O2. The third kappa shape index (κ3) is 6.08. The molecule has 1 aromatic carbocycles. The van der Waals surface area contributed by atoms with E-state index in [0.29, 0.717) is 25.2 Å². The van der Waals surface area contributed by atoms with Crippen molar-refractivity contribution >= 4 is 35.0 Å². The quantitative estimate of drug-likeness (QED) is 0.427. The average molecular weight is 580 g/mol. The predicted octanol–water partition coefficient (Wildman–Crippen LogP) is 5.92. The Morgan fingerprint density at radius 3 is 2.15 bits per heavy atom. The van der Waals surface area contributed by atoms with Gasteiger partial charge in [0.1, 0.15) is 0 Å². The second-order valence-corrected chi connectivity index (χ2v) is 12.2. The van der Waals surface area contributed by atoms with Crippen molar-refractivity contribution in [1.82, 2.24) is 19.7 Å². The van der Waals surface area contributed by atoms with Gasteiger partial charge >= 0.3 is 0 Å². The topological polar surface area (TPSA) is 56.8 Å². The summed E-state index contributed by atoms with van der Waals surface area (Å²) >= 11 is 12.4. The van der Waals surface area contributed by atoms with Gasteiger partial charge in [-0.25, -0.2) is 8.78 Å². The third-order valence-electron chi connectivity index (χ3n) is 8.78. The first-order valence-electron chi connectivity index (χ1n) is 13.6. The molecule has 0 N–H and O–H groups in total. The molecular weight excluding hydrogens is 545 g/mol. The minimum atomic E-state index is -2.72. The van der Waals surface area contributed by atoms with Crippen molar-refractivity contribution < 1.29 is 18.4 Å². The van der Waals surface area contributed by atoms with E-state index < -0.39 is 11.8 Å². The van der Waals surface area contributed by atoms with Crippen molar-refractivity contribution in [3.63, 3.8) is 0 Å². The van der Waals surface area contributed by atoms with Gasteiger partial charge in [0.15, 0.2) is 0 Å². The Balaban J connectivity index is 1.20. The number of halogens is 4. The number of pyridine rings is 1. The lowest BCUT2D eigenvalue weighted by Gasteiger charge is -2.50. The Hall–Kier alpha value is -2.29. The number of likely N-dealkylation sites (tertiary alicyclic amines) is 2. The van der Waals surface area contributed by atoms with Crippen molar-refractivity contribution in [2.24, 2.45) is 5.92 Å². The zero-order valence-electron chi connectivity index (χ0n) is 22.1. The summed E-state index contributed by atoms with van der Waals surface area (Å²) in [5.74, 6) is -3.64. The second-order valence-electron chi connectivity index (χ2n) is 11.4. The highest BCUT2D eigenvalue weighted by Crippen LogP contribution is 2.44. The largest absolute Gasteiger partial charge is 0.338 e. The summed E-state index contributed by atoms with van der Waals surface area (Å²) in [6.07, 6.45) is 5.38. The van der Waals surface area contributed by atoms with E-state index in [9.17, 15) is 18.4 Å². The number of aromatic nitrogens is 1. The maximum atomic E-state index is 13.6. The van der Waals surface area contributed by atoms with E-state index >= 15 is 0 Å². The smallest absolute Gasteiger partial charge is 0.257 e. The number of alkyl halides is 2. The van der Waals surface area contributed by atoms with Crippen LogP contribution in [-0.2, 0) is 11.3 Å². The Bertz CT molecular complexity index is 1170. The Morgan fingerprint density at radius 2 is 1.59 bits per heavy atom. The van der Waals surface area contributed by atoms with Crippen molar-refractivity contribution in [3.8, 4) is 0 Å². The molecule has 10 heteroatoms. The van der Waals surface area contributed by atoms with Crippen LogP contribution in [0.1, 0.15) is 61.4 Å². The fourth-order valence-electron chi connectivity index (χ4n) is 6.24. The standard InChI is InChI=1S/C29H34Cl2F2N4O2/c1-28(9-13-35(14-10-28)27(39)25-23(30)17-34-18-24(25)31)36-11-7-22(8-12-36)37(19-20-5-3-2-4-6-20)26(38)21-15-29(32,33)16-21/h2-6,17-18,21-22H,7-16,19H2,1H3. The zero-order chi connectivity index (χ0) is 27.8. The molecule has 0 atom stereocenters. The van der Waals surface area contributed by atoms with Crippen LogP contribution in [0.25, 0.3) is 0 Å². The molecule has 0 bridgehead atoms. The normalized spacial score (nSPS) is 21.8. The third-order valence-corrected chi connectivity index (χ3v) is 9.36. The first-order chi connectivity index (χ1) is 18.6. The van der Waals surface area contributed by atoms with Gasteiger partial charge in [-0.15, -0.1) is 0 Å². The lowest BCUT2D eigenvalue weighted by molar-refractivity contribution is -0.163. The minimum Gasteiger partial charge on any atom is -0.338 e. The van der Waals surface area contributed by atoms with Crippen LogP contribution in [0, 0.1) is 5.92 Å². The van der Waals surface area contributed by atoms with Crippen LogP contribution in [-0.4, -0.2) is 75.2 Å². The lowest BCUT2D eigenvalue weighted by atomic mass is 9.79. The van der Waals surface area contributed by atoms with Gasteiger partial charge in [0.2, 0.25) is 11.8 Å². The molecule has 0 radical (unpaired) electrons. The molecule has 2 amide bonds. The fourth-order valence-corrected chi connectivity index (χ4v) is 6.76. The summed E-state index contributed by atoms with van der Waals surface area (Å²) in [5, 5.41) is 0.506. The number of benzene rings is 1. The van der Waals surface area contributed by atoms with Crippen LogP contribution in [0.3, 0.4) is 0 Å². The molecule has 6 nitrogen and oxygen atoms in total. The second kappa shape index (κ2) is 11.3. The summed E-state index contributed by atoms with van der Waals surface area (Å²) in [7, 11) is 0. The number of piperidine rings is 2. The lowest BCUT2D eigenvalue weighted by Crippen LogP contribution is -2.59. The average Bonchev–Trinajstić information content (AvgIpc) is 2.91. The van der Waals surface area contributed by atoms with Crippen LogP contribution in [0.4, 0.5) is 8.78 Å². The van der Waals surface area contributed by atoms with Crippen LogP contribution in [0.2, 0.25) is 10.0 Å². The maximum Gasteiger partial charge on any atom is 0.257 e. The fraction of sp³-hybridized carbons (Fsp3) is 0.552. The molecule has 210 valence electrons. The predicted molar refractivity (Wildman–Crippen MR) is 147 cm³/mol. The Morgan fingerprint density at radius 1 is 1.00 bits per heavy atom. The molecule has 5 rings (SSSR count). The molecule has 2 saturated heterocycles. The highest BCUT2D eigenvalue weighted by molar-refractivity contribution is 6.39. The van der Waals surface area contributed by atoms with Crippen molar-refractivity contribution in [2.75, 3.05) is 26.2 Å². The SMILES string of the molecule is CC1(N2CCC(N(Cc3ccccc3)C(=O)C3CC(F)(F)C3)CC2)CCN(C(=O)c2c(Cl)cncc2Cl)CC1. The molecule has 1 aliphatic carbocycles. The first kappa shape index (κ1) is 28.2. The molecule has 3 heterocycles. The number of amides is 2. The molecule has 2 aliphatic heterocycles. The van der Waals surface area contributed by atoms with Gasteiger partial charge in [-0.2, -0.15) is 0 Å². The number of hydrogen-bond donors (Lipinski definition) is 0. The van der Waals surface area contributed by atoms with E-state index in [1.165, 1.54) is 12.4 Å². The van der Waals surface area contributed by atoms with Crippen molar-refractivity contribution in [2.45, 2.75) is 69.5 Å². The highest BCUT2D eigenvalue weighted by atomic mass is 35.5. The summed E-state index contributed by atoms with van der Waals surface area (Å²) in [4.78, 5) is 36.5. The molecule has 3 fully saturated rings. The van der Waals surface area contributed by atoms with Gasteiger partial charge in [0.05, 0.1) is 15.6 Å². The number of carbonyl (C=O) groups is 2. The molecule has 1 aromatic heterocycles. The monoisotopic (exact) mass is 578 g/mol. The zero-order valence-corrected chi connectivity index (χ0v) is 23.6. The van der Waals surface area contributed by atoms with Gasteiger partial charge in [-0.3, -0.25) is 19.5 Å². The van der Waals surface area contributed by atoms with E-state index in [1.54, 1.807) is 4.90 Å². The van der Waals surface area contributed by atoms with Crippen LogP contribution < -0.4 is 0 Å². The van der Waals surface area contributed by atoms with Gasteiger partial charge in [-0.05, 0) is 38.2 Å². The molecule has 0 unspecified atom stereocenters. The van der Waals surface area contributed by atoms with E-state index in [4.69, 9.17) is 23.2 Å². The van der Waals surface area contributed by atoms with E-state index in [0.717, 1.165) is 44.3 Å². The summed E-state index contributed by atoms with van der Waals surface area (Å²) in [6, 6.07) is 9.78.